The normalized spacial score (nSPS) is 18.2. The zero-order chi connectivity index (χ0) is 19.0. The van der Waals surface area contributed by atoms with Crippen LogP contribution in [0.2, 0.25) is 0 Å². The molecule has 0 amide bonds. The van der Waals surface area contributed by atoms with Gasteiger partial charge in [0.2, 0.25) is 12.2 Å². The second-order valence-corrected chi connectivity index (χ2v) is 7.96. The molecule has 0 unspecified atom stereocenters. The number of nitrogens with zero attached hydrogens (tertiary/aromatic N) is 2. The third kappa shape index (κ3) is 3.37. The largest absolute Gasteiger partial charge is 0.447 e. The molecular formula is C23H26N2O2. The summed E-state index contributed by atoms with van der Waals surface area (Å²) in [7, 11) is 0. The Hall–Kier alpha value is -2.59. The van der Waals surface area contributed by atoms with E-state index in [0.29, 0.717) is 0 Å². The molecule has 2 heterocycles. The molecule has 2 aromatic carbocycles. The molecule has 0 radical (unpaired) electrons. The van der Waals surface area contributed by atoms with E-state index in [1.54, 1.807) is 0 Å². The van der Waals surface area contributed by atoms with Gasteiger partial charge in [0, 0.05) is 23.0 Å². The summed E-state index contributed by atoms with van der Waals surface area (Å²) in [5, 5.41) is 4.98. The van der Waals surface area contributed by atoms with Gasteiger partial charge in [-0.3, -0.25) is 0 Å². The Bertz CT molecular complexity index is 914. The van der Waals surface area contributed by atoms with Crippen LogP contribution in [-0.4, -0.2) is 22.2 Å². The van der Waals surface area contributed by atoms with Crippen molar-refractivity contribution in [2.45, 2.75) is 51.9 Å². The van der Waals surface area contributed by atoms with Gasteiger partial charge < -0.3 is 9.47 Å². The molecule has 3 aromatic rings. The molecule has 1 aliphatic rings. The molecule has 4 nitrogen and oxygen atoms in total. The summed E-state index contributed by atoms with van der Waals surface area (Å²) in [4.78, 5) is 0. The van der Waals surface area contributed by atoms with Gasteiger partial charge in [0.05, 0.1) is 11.8 Å². The van der Waals surface area contributed by atoms with Gasteiger partial charge in [-0.15, -0.1) is 0 Å². The lowest BCUT2D eigenvalue weighted by Crippen LogP contribution is -2.37. The van der Waals surface area contributed by atoms with Crippen molar-refractivity contribution in [3.63, 3.8) is 0 Å². The highest BCUT2D eigenvalue weighted by Gasteiger charge is 2.41. The van der Waals surface area contributed by atoms with Crippen LogP contribution in [0.5, 0.6) is 5.88 Å². The quantitative estimate of drug-likeness (QED) is 0.628. The zero-order valence-electron chi connectivity index (χ0n) is 16.3. The first kappa shape index (κ1) is 17.8. The molecule has 4 rings (SSSR count). The van der Waals surface area contributed by atoms with E-state index in [0.717, 1.165) is 34.8 Å². The van der Waals surface area contributed by atoms with E-state index >= 15 is 0 Å². The monoisotopic (exact) mass is 362 g/mol. The average Bonchev–Trinajstić information content (AvgIpc) is 3.03. The minimum Gasteiger partial charge on any atom is -0.447 e. The van der Waals surface area contributed by atoms with E-state index in [1.165, 1.54) is 0 Å². The third-order valence-electron chi connectivity index (χ3n) is 4.91. The molecule has 0 N–H and O–H groups in total. The Balaban J connectivity index is 1.91. The number of aromatic nitrogens is 2. The van der Waals surface area contributed by atoms with Gasteiger partial charge in [0.1, 0.15) is 5.69 Å². The molecule has 0 bridgehead atoms. The molecule has 1 atom stereocenters. The summed E-state index contributed by atoms with van der Waals surface area (Å²) < 4.78 is 14.3. The standard InChI is InChI=1S/C23H26N2O2/c1-16(2)26-19-15-23(3,4)20-21(17-11-7-5-8-12-17)24-25(22(20)27-19)18-13-9-6-10-14-18/h5-14,16,19H,15H2,1-4H3/t19-/m0/s1. The molecule has 140 valence electrons. The molecule has 0 saturated heterocycles. The van der Waals surface area contributed by atoms with Crippen LogP contribution >= 0.6 is 0 Å². The predicted octanol–water partition coefficient (Wildman–Crippen LogP) is 5.35. The van der Waals surface area contributed by atoms with Crippen molar-refractivity contribution in [1.82, 2.24) is 9.78 Å². The van der Waals surface area contributed by atoms with Gasteiger partial charge in [-0.2, -0.15) is 5.10 Å². The van der Waals surface area contributed by atoms with Crippen LogP contribution in [0.3, 0.4) is 0 Å². The number of hydrogen-bond acceptors (Lipinski definition) is 3. The van der Waals surface area contributed by atoms with E-state index < -0.39 is 0 Å². The number of hydrogen-bond donors (Lipinski definition) is 0. The third-order valence-corrected chi connectivity index (χ3v) is 4.91. The average molecular weight is 362 g/mol. The number of rotatable bonds is 4. The fraction of sp³-hybridized carbons (Fsp3) is 0.348. The second kappa shape index (κ2) is 6.86. The van der Waals surface area contributed by atoms with Crippen molar-refractivity contribution in [3.8, 4) is 22.8 Å². The van der Waals surface area contributed by atoms with Crippen LogP contribution in [-0.2, 0) is 10.2 Å². The SMILES string of the molecule is CC(C)O[C@@H]1CC(C)(C)c2c(-c3ccccc3)nn(-c3ccccc3)c2O1. The van der Waals surface area contributed by atoms with E-state index in [-0.39, 0.29) is 17.8 Å². The molecule has 27 heavy (non-hydrogen) atoms. The van der Waals surface area contributed by atoms with Gasteiger partial charge in [-0.05, 0) is 26.0 Å². The maximum Gasteiger partial charge on any atom is 0.223 e. The van der Waals surface area contributed by atoms with Gasteiger partial charge in [0.25, 0.3) is 0 Å². The maximum absolute atomic E-state index is 6.34. The summed E-state index contributed by atoms with van der Waals surface area (Å²) in [5.74, 6) is 0.780. The van der Waals surface area contributed by atoms with E-state index in [9.17, 15) is 0 Å². The Morgan fingerprint density at radius 1 is 1.04 bits per heavy atom. The number of ether oxygens (including phenoxy) is 2. The van der Waals surface area contributed by atoms with Crippen molar-refractivity contribution in [1.29, 1.82) is 0 Å². The first-order chi connectivity index (χ1) is 13.0. The zero-order valence-corrected chi connectivity index (χ0v) is 16.3. The second-order valence-electron chi connectivity index (χ2n) is 7.96. The summed E-state index contributed by atoms with van der Waals surface area (Å²) >= 11 is 0. The minimum absolute atomic E-state index is 0.106. The van der Waals surface area contributed by atoms with Crippen molar-refractivity contribution in [3.05, 3.63) is 66.2 Å². The van der Waals surface area contributed by atoms with Crippen LogP contribution in [0.15, 0.2) is 60.7 Å². The number of benzene rings is 2. The van der Waals surface area contributed by atoms with Crippen LogP contribution in [0.4, 0.5) is 0 Å². The molecule has 1 aliphatic heterocycles. The van der Waals surface area contributed by atoms with E-state index in [1.807, 2.05) is 67.1 Å². The minimum atomic E-state index is -0.282. The first-order valence-corrected chi connectivity index (χ1v) is 9.52. The molecule has 0 saturated carbocycles. The summed E-state index contributed by atoms with van der Waals surface area (Å²) in [6.45, 7) is 8.56. The molecule has 1 aromatic heterocycles. The Kier molecular flexibility index (Phi) is 4.52. The van der Waals surface area contributed by atoms with Crippen molar-refractivity contribution in [2.75, 3.05) is 0 Å². The predicted molar refractivity (Wildman–Crippen MR) is 107 cm³/mol. The van der Waals surface area contributed by atoms with E-state index in [2.05, 4.69) is 26.0 Å². The molecule has 0 aliphatic carbocycles. The molecule has 4 heteroatoms. The first-order valence-electron chi connectivity index (χ1n) is 9.52. The fourth-order valence-electron chi connectivity index (χ4n) is 3.73. The van der Waals surface area contributed by atoms with Crippen LogP contribution in [0.25, 0.3) is 16.9 Å². The van der Waals surface area contributed by atoms with Gasteiger partial charge >= 0.3 is 0 Å². The lowest BCUT2D eigenvalue weighted by Gasteiger charge is -2.36. The number of para-hydroxylation sites is 1. The van der Waals surface area contributed by atoms with E-state index in [4.69, 9.17) is 14.6 Å². The van der Waals surface area contributed by atoms with Crippen molar-refractivity contribution < 1.29 is 9.47 Å². The van der Waals surface area contributed by atoms with Gasteiger partial charge in [0.15, 0.2) is 0 Å². The summed E-state index contributed by atoms with van der Waals surface area (Å²) in [5.41, 5.74) is 4.08. The smallest absolute Gasteiger partial charge is 0.223 e. The van der Waals surface area contributed by atoms with Crippen molar-refractivity contribution >= 4 is 0 Å². The lowest BCUT2D eigenvalue weighted by atomic mass is 9.78. The fourth-order valence-corrected chi connectivity index (χ4v) is 3.73. The molecule has 0 fully saturated rings. The van der Waals surface area contributed by atoms with Crippen LogP contribution in [0, 0.1) is 0 Å². The topological polar surface area (TPSA) is 36.3 Å². The van der Waals surface area contributed by atoms with Gasteiger partial charge in [-0.25, -0.2) is 4.68 Å². The Morgan fingerprint density at radius 3 is 2.30 bits per heavy atom. The lowest BCUT2D eigenvalue weighted by molar-refractivity contribution is -0.131. The summed E-state index contributed by atoms with van der Waals surface area (Å²) in [6, 6.07) is 20.5. The van der Waals surface area contributed by atoms with Crippen LogP contribution in [0.1, 0.15) is 39.7 Å². The Morgan fingerprint density at radius 2 is 1.67 bits per heavy atom. The highest BCUT2D eigenvalue weighted by atomic mass is 16.7. The highest BCUT2D eigenvalue weighted by Crippen LogP contribution is 2.47. The molecule has 0 spiro atoms. The molecular weight excluding hydrogens is 336 g/mol. The van der Waals surface area contributed by atoms with Crippen LogP contribution < -0.4 is 4.74 Å². The maximum atomic E-state index is 6.34. The number of fused-ring (bicyclic) bond motifs is 1. The summed E-state index contributed by atoms with van der Waals surface area (Å²) in [6.07, 6.45) is 0.614. The van der Waals surface area contributed by atoms with Crippen molar-refractivity contribution in [2.24, 2.45) is 0 Å². The van der Waals surface area contributed by atoms with Gasteiger partial charge in [-0.1, -0.05) is 62.4 Å². The highest BCUT2D eigenvalue weighted by molar-refractivity contribution is 5.68. The Labute approximate surface area is 160 Å².